The molecule has 0 fully saturated rings. The van der Waals surface area contributed by atoms with Crippen LogP contribution in [0.2, 0.25) is 0 Å². The molecule has 0 saturated carbocycles. The minimum Gasteiger partial charge on any atom is -0.435 e. The first kappa shape index (κ1) is 23.3. The Morgan fingerprint density at radius 1 is 0.400 bits per heavy atom. The van der Waals surface area contributed by atoms with Crippen molar-refractivity contribution in [1.82, 2.24) is 9.97 Å². The van der Waals surface area contributed by atoms with Gasteiger partial charge in [0.15, 0.2) is 11.2 Å². The van der Waals surface area contributed by atoms with E-state index in [1.165, 1.54) is 0 Å². The van der Waals surface area contributed by atoms with E-state index in [0.29, 0.717) is 45.1 Å². The second-order valence-corrected chi connectivity index (χ2v) is 9.11. The molecule has 0 radical (unpaired) electrons. The quantitative estimate of drug-likeness (QED) is 0.220. The van der Waals surface area contributed by atoms with E-state index in [2.05, 4.69) is 23.7 Å². The molecule has 0 aliphatic rings. The molecule has 0 spiro atoms. The van der Waals surface area contributed by atoms with Gasteiger partial charge in [-0.3, -0.25) is 0 Å². The monoisotopic (exact) mass is 512 g/mol. The first-order chi connectivity index (χ1) is 19.8. The first-order valence-electron chi connectivity index (χ1n) is 12.9. The summed E-state index contributed by atoms with van der Waals surface area (Å²) in [5.74, 6) is 14.1. The Balaban J connectivity index is 1.55. The van der Waals surface area contributed by atoms with Crippen LogP contribution in [0.25, 0.3) is 45.1 Å². The van der Waals surface area contributed by atoms with E-state index in [0.717, 1.165) is 22.3 Å². The van der Waals surface area contributed by atoms with Crippen molar-refractivity contribution in [2.75, 3.05) is 0 Å². The van der Waals surface area contributed by atoms with Gasteiger partial charge in [0.2, 0.25) is 11.8 Å². The molecule has 0 N–H and O–H groups in total. The van der Waals surface area contributed by atoms with Crippen LogP contribution in [-0.2, 0) is 0 Å². The molecular formula is C36H20N2O2. The van der Waals surface area contributed by atoms with E-state index >= 15 is 0 Å². The molecular weight excluding hydrogens is 492 g/mol. The van der Waals surface area contributed by atoms with Crippen LogP contribution in [0.5, 0.6) is 0 Å². The Labute approximate surface area is 231 Å². The summed E-state index contributed by atoms with van der Waals surface area (Å²) < 4.78 is 12.9. The molecule has 0 amide bonds. The molecule has 0 aliphatic carbocycles. The van der Waals surface area contributed by atoms with Gasteiger partial charge in [0.1, 0.15) is 11.0 Å². The highest BCUT2D eigenvalue weighted by Gasteiger charge is 2.24. The third-order valence-electron chi connectivity index (χ3n) is 6.43. The summed E-state index contributed by atoms with van der Waals surface area (Å²) in [4.78, 5) is 9.84. The fourth-order valence-corrected chi connectivity index (χ4v) is 4.49. The molecule has 0 saturated heterocycles. The van der Waals surface area contributed by atoms with Gasteiger partial charge in [0, 0.05) is 22.3 Å². The summed E-state index contributed by atoms with van der Waals surface area (Å²) in [7, 11) is 0. The van der Waals surface area contributed by atoms with Gasteiger partial charge in [0.25, 0.3) is 0 Å². The molecule has 7 rings (SSSR count). The fourth-order valence-electron chi connectivity index (χ4n) is 4.49. The van der Waals surface area contributed by atoms with Crippen LogP contribution in [0.3, 0.4) is 0 Å². The molecule has 5 aromatic carbocycles. The first-order valence-corrected chi connectivity index (χ1v) is 12.9. The molecule has 0 atom stereocenters. The second-order valence-electron chi connectivity index (χ2n) is 9.11. The lowest BCUT2D eigenvalue weighted by Crippen LogP contribution is -1.88. The zero-order chi connectivity index (χ0) is 26.7. The predicted molar refractivity (Wildman–Crippen MR) is 157 cm³/mol. The van der Waals surface area contributed by atoms with Crippen molar-refractivity contribution in [1.29, 1.82) is 0 Å². The second kappa shape index (κ2) is 10.1. The number of rotatable bonds is 2. The summed E-state index contributed by atoms with van der Waals surface area (Å²) in [5.41, 5.74) is 6.93. The van der Waals surface area contributed by atoms with E-state index in [9.17, 15) is 0 Å². The molecule has 4 heteroatoms. The molecule has 7 aromatic rings. The number of fused-ring (bicyclic) bond motifs is 2. The standard InChI is InChI=1S/C36H20N2O2/c1-5-13-25(14-6-1)21-23-29-31-34(40-35(37-31)27-17-9-3-10-18-27)30(24-22-26-15-7-2-8-16-26)32-33(29)39-36(38-32)28-19-11-4-12-20-28/h1-20H. The van der Waals surface area contributed by atoms with Gasteiger partial charge < -0.3 is 8.83 Å². The number of aromatic nitrogens is 2. The topological polar surface area (TPSA) is 52.1 Å². The van der Waals surface area contributed by atoms with Crippen LogP contribution in [0, 0.1) is 23.7 Å². The van der Waals surface area contributed by atoms with Crippen molar-refractivity contribution in [2.24, 2.45) is 0 Å². The Morgan fingerprint density at radius 2 is 0.750 bits per heavy atom. The average molecular weight is 513 g/mol. The molecule has 186 valence electrons. The van der Waals surface area contributed by atoms with Crippen molar-refractivity contribution >= 4 is 22.2 Å². The summed E-state index contributed by atoms with van der Waals surface area (Å²) in [5, 5.41) is 0. The summed E-state index contributed by atoms with van der Waals surface area (Å²) in [6, 6.07) is 39.2. The summed E-state index contributed by atoms with van der Waals surface area (Å²) in [6.45, 7) is 0. The molecule has 0 bridgehead atoms. The molecule has 2 aromatic heterocycles. The predicted octanol–water partition coefficient (Wildman–Crippen LogP) is 8.10. The lowest BCUT2D eigenvalue weighted by Gasteiger charge is -1.98. The highest BCUT2D eigenvalue weighted by molar-refractivity contribution is 6.04. The van der Waals surface area contributed by atoms with Gasteiger partial charge in [-0.15, -0.1) is 0 Å². The minimum absolute atomic E-state index is 0.483. The van der Waals surface area contributed by atoms with Gasteiger partial charge in [-0.05, 0) is 48.5 Å². The summed E-state index contributed by atoms with van der Waals surface area (Å²) in [6.07, 6.45) is 0. The number of hydrogen-bond acceptors (Lipinski definition) is 4. The van der Waals surface area contributed by atoms with Crippen LogP contribution >= 0.6 is 0 Å². The highest BCUT2D eigenvalue weighted by Crippen LogP contribution is 2.37. The van der Waals surface area contributed by atoms with E-state index < -0.39 is 0 Å². The molecule has 2 heterocycles. The van der Waals surface area contributed by atoms with Crippen LogP contribution in [-0.4, -0.2) is 9.97 Å². The van der Waals surface area contributed by atoms with Gasteiger partial charge >= 0.3 is 0 Å². The van der Waals surface area contributed by atoms with Crippen molar-refractivity contribution in [3.05, 3.63) is 144 Å². The van der Waals surface area contributed by atoms with Crippen LogP contribution in [0.1, 0.15) is 22.3 Å². The highest BCUT2D eigenvalue weighted by atomic mass is 16.4. The van der Waals surface area contributed by atoms with E-state index in [1.54, 1.807) is 0 Å². The normalized spacial score (nSPS) is 10.6. The largest absolute Gasteiger partial charge is 0.435 e. The number of hydrogen-bond donors (Lipinski definition) is 0. The molecule has 4 nitrogen and oxygen atoms in total. The van der Waals surface area contributed by atoms with Gasteiger partial charge in [-0.1, -0.05) is 96.5 Å². The maximum atomic E-state index is 6.43. The number of oxazole rings is 2. The third-order valence-corrected chi connectivity index (χ3v) is 6.43. The Hall–Kier alpha value is -5.84. The molecule has 0 unspecified atom stereocenters. The van der Waals surface area contributed by atoms with Crippen LogP contribution in [0.4, 0.5) is 0 Å². The van der Waals surface area contributed by atoms with E-state index in [-0.39, 0.29) is 0 Å². The lowest BCUT2D eigenvalue weighted by molar-refractivity contribution is 0.617. The Bertz CT molecular complexity index is 1880. The van der Waals surface area contributed by atoms with Crippen molar-refractivity contribution in [3.8, 4) is 46.6 Å². The maximum Gasteiger partial charge on any atom is 0.227 e. The maximum absolute atomic E-state index is 6.43. The van der Waals surface area contributed by atoms with Gasteiger partial charge in [0.05, 0.1) is 11.1 Å². The molecule has 0 aliphatic heterocycles. The smallest absolute Gasteiger partial charge is 0.227 e. The minimum atomic E-state index is 0.483. The van der Waals surface area contributed by atoms with Crippen molar-refractivity contribution in [2.45, 2.75) is 0 Å². The van der Waals surface area contributed by atoms with Crippen LogP contribution in [0.15, 0.2) is 130 Å². The Kier molecular flexibility index (Phi) is 5.90. The Morgan fingerprint density at radius 3 is 1.12 bits per heavy atom. The fraction of sp³-hybridized carbons (Fsp3) is 0. The average Bonchev–Trinajstić information content (AvgIpc) is 3.67. The van der Waals surface area contributed by atoms with Gasteiger partial charge in [-0.2, -0.15) is 0 Å². The summed E-state index contributed by atoms with van der Waals surface area (Å²) >= 11 is 0. The van der Waals surface area contributed by atoms with Crippen molar-refractivity contribution < 1.29 is 8.83 Å². The van der Waals surface area contributed by atoms with Crippen molar-refractivity contribution in [3.63, 3.8) is 0 Å². The van der Waals surface area contributed by atoms with Gasteiger partial charge in [-0.25, -0.2) is 9.97 Å². The van der Waals surface area contributed by atoms with E-state index in [4.69, 9.17) is 18.8 Å². The zero-order valence-corrected chi connectivity index (χ0v) is 21.3. The number of benzene rings is 5. The number of nitrogens with zero attached hydrogens (tertiary/aromatic N) is 2. The lowest BCUT2D eigenvalue weighted by atomic mass is 10.1. The van der Waals surface area contributed by atoms with E-state index in [1.807, 2.05) is 121 Å². The third kappa shape index (κ3) is 4.41. The molecule has 40 heavy (non-hydrogen) atoms. The zero-order valence-electron chi connectivity index (χ0n) is 21.3. The SMILES string of the molecule is C(#Cc1c2nc(-c3ccccc3)oc2c(C#Cc2ccccc2)c2nc(-c3ccccc3)oc12)c1ccccc1. The van der Waals surface area contributed by atoms with Crippen LogP contribution < -0.4 is 0 Å².